The van der Waals surface area contributed by atoms with E-state index in [1.54, 1.807) is 30.2 Å². The Morgan fingerprint density at radius 1 is 1.00 bits per heavy atom. The van der Waals surface area contributed by atoms with E-state index in [1.165, 1.54) is 0 Å². The van der Waals surface area contributed by atoms with E-state index in [0.29, 0.717) is 35.2 Å². The average Bonchev–Trinajstić information content (AvgIpc) is 3.26. The molecule has 0 bridgehead atoms. The smallest absolute Gasteiger partial charge is 0.322 e. The van der Waals surface area contributed by atoms with Crippen LogP contribution in [-0.2, 0) is 13.0 Å². The van der Waals surface area contributed by atoms with E-state index in [2.05, 4.69) is 22.4 Å². The molecule has 0 saturated carbocycles. The molecule has 0 saturated heterocycles. The lowest BCUT2D eigenvalue weighted by Gasteiger charge is -2.24. The van der Waals surface area contributed by atoms with Crippen LogP contribution < -0.4 is 15.0 Å². The van der Waals surface area contributed by atoms with Gasteiger partial charge in [0.25, 0.3) is 0 Å². The monoisotopic (exact) mass is 510 g/mol. The standard InChI is InChI=1S/C27H28Cl2N4O2/c1-32(2)21-7-4-18(5-8-21)17-33(27(34)31-20-6-10-24(28)25(29)14-20)13-12-19-16-30-26-11-9-22(35-3)15-23(19)26/h4-11,14-16,30H,12-13,17H2,1-3H3,(H,31,34). The van der Waals surface area contributed by atoms with Crippen molar-refractivity contribution in [2.24, 2.45) is 0 Å². The zero-order valence-corrected chi connectivity index (χ0v) is 21.5. The molecule has 35 heavy (non-hydrogen) atoms. The van der Waals surface area contributed by atoms with Crippen LogP contribution in [-0.4, -0.2) is 43.7 Å². The minimum absolute atomic E-state index is 0.211. The van der Waals surface area contributed by atoms with Crippen molar-refractivity contribution in [3.63, 3.8) is 0 Å². The molecule has 0 atom stereocenters. The number of aromatic nitrogens is 1. The SMILES string of the molecule is COc1ccc2[nH]cc(CCN(Cc3ccc(N(C)C)cc3)C(=O)Nc3ccc(Cl)c(Cl)c3)c2c1. The Morgan fingerprint density at radius 2 is 1.77 bits per heavy atom. The third-order valence-corrected chi connectivity index (χ3v) is 6.65. The first-order chi connectivity index (χ1) is 16.8. The van der Waals surface area contributed by atoms with Gasteiger partial charge in [0.1, 0.15) is 5.75 Å². The molecule has 0 fully saturated rings. The van der Waals surface area contributed by atoms with Gasteiger partial charge in [-0.3, -0.25) is 0 Å². The predicted octanol–water partition coefficient (Wildman–Crippen LogP) is 6.83. The van der Waals surface area contributed by atoms with Crippen molar-refractivity contribution < 1.29 is 9.53 Å². The highest BCUT2D eigenvalue weighted by Gasteiger charge is 2.16. The van der Waals surface area contributed by atoms with Crippen LogP contribution in [0, 0.1) is 0 Å². The summed E-state index contributed by atoms with van der Waals surface area (Å²) < 4.78 is 5.39. The van der Waals surface area contributed by atoms with Crippen LogP contribution in [0.15, 0.2) is 66.9 Å². The number of H-pyrrole nitrogens is 1. The van der Waals surface area contributed by atoms with Gasteiger partial charge in [-0.25, -0.2) is 4.79 Å². The average molecular weight is 511 g/mol. The molecule has 0 radical (unpaired) electrons. The number of fused-ring (bicyclic) bond motifs is 1. The number of carbonyl (C=O) groups is 1. The Bertz CT molecular complexity index is 1320. The van der Waals surface area contributed by atoms with Crippen LogP contribution >= 0.6 is 23.2 Å². The maximum Gasteiger partial charge on any atom is 0.322 e. The van der Waals surface area contributed by atoms with E-state index in [-0.39, 0.29) is 6.03 Å². The van der Waals surface area contributed by atoms with Crippen LogP contribution in [0.3, 0.4) is 0 Å². The molecule has 4 rings (SSSR count). The fourth-order valence-electron chi connectivity index (χ4n) is 3.90. The van der Waals surface area contributed by atoms with Crippen molar-refractivity contribution in [1.29, 1.82) is 0 Å². The van der Waals surface area contributed by atoms with Crippen molar-refractivity contribution in [3.8, 4) is 5.75 Å². The van der Waals surface area contributed by atoms with Crippen LogP contribution in [0.2, 0.25) is 10.0 Å². The third kappa shape index (κ3) is 6.02. The van der Waals surface area contributed by atoms with Crippen LogP contribution in [0.25, 0.3) is 10.9 Å². The quantitative estimate of drug-likeness (QED) is 0.273. The number of amides is 2. The number of halogens is 2. The lowest BCUT2D eigenvalue weighted by atomic mass is 10.1. The summed E-state index contributed by atoms with van der Waals surface area (Å²) in [6.07, 6.45) is 2.67. The number of urea groups is 1. The normalized spacial score (nSPS) is 10.9. The first kappa shape index (κ1) is 24.8. The van der Waals surface area contributed by atoms with Crippen LogP contribution in [0.4, 0.5) is 16.2 Å². The number of methoxy groups -OCH3 is 1. The van der Waals surface area contributed by atoms with Crippen LogP contribution in [0.5, 0.6) is 5.75 Å². The number of aromatic amines is 1. The molecule has 0 aliphatic heterocycles. The predicted molar refractivity (Wildman–Crippen MR) is 145 cm³/mol. The molecular formula is C27H28Cl2N4O2. The van der Waals surface area contributed by atoms with E-state index in [4.69, 9.17) is 27.9 Å². The molecule has 2 amide bonds. The first-order valence-electron chi connectivity index (χ1n) is 11.3. The van der Waals surface area contributed by atoms with Crippen molar-refractivity contribution >= 4 is 51.5 Å². The second kappa shape index (κ2) is 10.9. The van der Waals surface area contributed by atoms with E-state index in [0.717, 1.165) is 33.5 Å². The number of benzene rings is 3. The van der Waals surface area contributed by atoms with E-state index >= 15 is 0 Å². The molecular weight excluding hydrogens is 483 g/mol. The zero-order chi connectivity index (χ0) is 24.9. The minimum Gasteiger partial charge on any atom is -0.497 e. The summed E-state index contributed by atoms with van der Waals surface area (Å²) in [7, 11) is 5.66. The van der Waals surface area contributed by atoms with Gasteiger partial charge in [0, 0.05) is 55.7 Å². The summed E-state index contributed by atoms with van der Waals surface area (Å²) in [6.45, 7) is 0.985. The summed E-state index contributed by atoms with van der Waals surface area (Å²) in [5.41, 5.74) is 4.89. The van der Waals surface area contributed by atoms with Gasteiger partial charge in [-0.05, 0) is 66.1 Å². The second-order valence-corrected chi connectivity index (χ2v) is 9.33. The maximum atomic E-state index is 13.3. The Balaban J connectivity index is 1.55. The van der Waals surface area contributed by atoms with Gasteiger partial charge in [-0.2, -0.15) is 0 Å². The Labute approximate surface area is 215 Å². The van der Waals surface area contributed by atoms with Gasteiger partial charge < -0.3 is 24.8 Å². The number of carbonyl (C=O) groups excluding carboxylic acids is 1. The topological polar surface area (TPSA) is 60.6 Å². The second-order valence-electron chi connectivity index (χ2n) is 8.52. The number of anilines is 2. The molecule has 1 aromatic heterocycles. The summed E-state index contributed by atoms with van der Waals surface area (Å²) in [6, 6.07) is 19.0. The van der Waals surface area contributed by atoms with Crippen molar-refractivity contribution in [3.05, 3.63) is 88.0 Å². The van der Waals surface area contributed by atoms with Gasteiger partial charge in [0.05, 0.1) is 17.2 Å². The van der Waals surface area contributed by atoms with Gasteiger partial charge in [0.15, 0.2) is 0 Å². The maximum absolute atomic E-state index is 13.3. The summed E-state index contributed by atoms with van der Waals surface area (Å²) >= 11 is 12.2. The number of hydrogen-bond donors (Lipinski definition) is 2. The Hall–Kier alpha value is -3.35. The Morgan fingerprint density at radius 3 is 2.46 bits per heavy atom. The number of rotatable bonds is 8. The van der Waals surface area contributed by atoms with E-state index < -0.39 is 0 Å². The van der Waals surface area contributed by atoms with E-state index in [9.17, 15) is 4.79 Å². The molecule has 3 aromatic carbocycles. The summed E-state index contributed by atoms with van der Waals surface area (Å²) in [5, 5.41) is 4.87. The van der Waals surface area contributed by atoms with Gasteiger partial charge in [-0.1, -0.05) is 35.3 Å². The number of hydrogen-bond acceptors (Lipinski definition) is 3. The Kier molecular flexibility index (Phi) is 7.73. The molecule has 0 spiro atoms. The van der Waals surface area contributed by atoms with Crippen LogP contribution in [0.1, 0.15) is 11.1 Å². The highest BCUT2D eigenvalue weighted by molar-refractivity contribution is 6.42. The number of nitrogens with one attached hydrogen (secondary N) is 2. The first-order valence-corrected chi connectivity index (χ1v) is 12.0. The van der Waals surface area contributed by atoms with Gasteiger partial charge >= 0.3 is 6.03 Å². The molecule has 4 aromatic rings. The third-order valence-electron chi connectivity index (χ3n) is 5.91. The summed E-state index contributed by atoms with van der Waals surface area (Å²) in [5.74, 6) is 0.800. The highest BCUT2D eigenvalue weighted by Crippen LogP contribution is 2.26. The van der Waals surface area contributed by atoms with Gasteiger partial charge in [-0.15, -0.1) is 0 Å². The minimum atomic E-state index is -0.211. The van der Waals surface area contributed by atoms with Crippen molar-refractivity contribution in [2.45, 2.75) is 13.0 Å². The van der Waals surface area contributed by atoms with Crippen molar-refractivity contribution in [1.82, 2.24) is 9.88 Å². The molecule has 2 N–H and O–H groups in total. The molecule has 182 valence electrons. The van der Waals surface area contributed by atoms with Crippen molar-refractivity contribution in [2.75, 3.05) is 38.0 Å². The van der Waals surface area contributed by atoms with E-state index in [1.807, 2.05) is 55.5 Å². The number of nitrogens with zero attached hydrogens (tertiary/aromatic N) is 2. The molecule has 1 heterocycles. The fraction of sp³-hybridized carbons (Fsp3) is 0.222. The molecule has 0 aliphatic carbocycles. The zero-order valence-electron chi connectivity index (χ0n) is 19.9. The molecule has 8 heteroatoms. The molecule has 0 aliphatic rings. The highest BCUT2D eigenvalue weighted by atomic mass is 35.5. The lowest BCUT2D eigenvalue weighted by molar-refractivity contribution is 0.210. The lowest BCUT2D eigenvalue weighted by Crippen LogP contribution is -2.36. The van der Waals surface area contributed by atoms with Gasteiger partial charge in [0.2, 0.25) is 0 Å². The largest absolute Gasteiger partial charge is 0.497 e. The fourth-order valence-corrected chi connectivity index (χ4v) is 4.19. The molecule has 6 nitrogen and oxygen atoms in total. The molecule has 0 unspecified atom stereocenters. The number of ether oxygens (including phenoxy) is 1. The summed E-state index contributed by atoms with van der Waals surface area (Å²) in [4.78, 5) is 20.5.